The SMILES string of the molecule is CC(C)(NC(=O)OCC1c2ccccc2-c2ccccc21)C(=O)N1CCC(CC(=O)O)C1. The number of nitrogens with one attached hydrogen (secondary N) is 1. The van der Waals surface area contributed by atoms with Crippen LogP contribution in [0.3, 0.4) is 0 Å². The molecule has 7 nitrogen and oxygen atoms in total. The molecule has 1 atom stereocenters. The maximum atomic E-state index is 12.9. The lowest BCUT2D eigenvalue weighted by atomic mass is 9.98. The van der Waals surface area contributed by atoms with Crippen LogP contribution in [0.5, 0.6) is 0 Å². The first-order chi connectivity index (χ1) is 15.3. The van der Waals surface area contributed by atoms with Gasteiger partial charge in [0.15, 0.2) is 0 Å². The van der Waals surface area contributed by atoms with Crippen molar-refractivity contribution in [2.24, 2.45) is 5.92 Å². The Bertz CT molecular complexity index is 1000. The third kappa shape index (κ3) is 4.33. The summed E-state index contributed by atoms with van der Waals surface area (Å²) in [5.74, 6) is -1.21. The number of fused-ring (bicyclic) bond motifs is 3. The summed E-state index contributed by atoms with van der Waals surface area (Å²) >= 11 is 0. The normalized spacial score (nSPS) is 17.6. The molecule has 0 spiro atoms. The summed E-state index contributed by atoms with van der Waals surface area (Å²) in [6.07, 6.45) is 0.0507. The lowest BCUT2D eigenvalue weighted by Crippen LogP contribution is -2.55. The van der Waals surface area contributed by atoms with E-state index in [0.717, 1.165) is 22.3 Å². The van der Waals surface area contributed by atoms with E-state index < -0.39 is 17.6 Å². The van der Waals surface area contributed by atoms with Gasteiger partial charge in [0.1, 0.15) is 12.1 Å². The summed E-state index contributed by atoms with van der Waals surface area (Å²) in [5.41, 5.74) is 3.40. The molecule has 4 rings (SSSR count). The van der Waals surface area contributed by atoms with E-state index in [4.69, 9.17) is 9.84 Å². The Morgan fingerprint density at radius 2 is 1.66 bits per heavy atom. The van der Waals surface area contributed by atoms with E-state index in [1.807, 2.05) is 24.3 Å². The van der Waals surface area contributed by atoms with Crippen molar-refractivity contribution < 1.29 is 24.2 Å². The number of nitrogens with zero attached hydrogens (tertiary/aromatic N) is 1. The van der Waals surface area contributed by atoms with E-state index in [0.29, 0.717) is 19.5 Å². The average molecular weight is 437 g/mol. The number of hydrogen-bond donors (Lipinski definition) is 2. The van der Waals surface area contributed by atoms with Crippen molar-refractivity contribution in [3.63, 3.8) is 0 Å². The van der Waals surface area contributed by atoms with E-state index in [9.17, 15) is 14.4 Å². The number of hydrogen-bond acceptors (Lipinski definition) is 4. The van der Waals surface area contributed by atoms with Crippen LogP contribution in [0.2, 0.25) is 0 Å². The van der Waals surface area contributed by atoms with Crippen molar-refractivity contribution >= 4 is 18.0 Å². The molecule has 0 saturated carbocycles. The number of carbonyl (C=O) groups excluding carboxylic acids is 2. The zero-order valence-corrected chi connectivity index (χ0v) is 18.3. The number of ether oxygens (including phenoxy) is 1. The maximum Gasteiger partial charge on any atom is 0.408 e. The highest BCUT2D eigenvalue weighted by Gasteiger charge is 2.38. The summed E-state index contributed by atoms with van der Waals surface area (Å²) in [4.78, 5) is 38.1. The Morgan fingerprint density at radius 1 is 1.06 bits per heavy atom. The highest BCUT2D eigenvalue weighted by Crippen LogP contribution is 2.44. The Morgan fingerprint density at radius 3 is 2.25 bits per heavy atom. The largest absolute Gasteiger partial charge is 0.481 e. The van der Waals surface area contributed by atoms with Gasteiger partial charge in [0.2, 0.25) is 5.91 Å². The van der Waals surface area contributed by atoms with Gasteiger partial charge in [-0.3, -0.25) is 9.59 Å². The number of carbonyl (C=O) groups is 3. The van der Waals surface area contributed by atoms with Gasteiger partial charge in [-0.25, -0.2) is 4.79 Å². The monoisotopic (exact) mass is 436 g/mol. The third-order valence-electron chi connectivity index (χ3n) is 6.33. The van der Waals surface area contributed by atoms with Gasteiger partial charge in [0.05, 0.1) is 0 Å². The van der Waals surface area contributed by atoms with Gasteiger partial charge in [0, 0.05) is 25.4 Å². The molecule has 1 fully saturated rings. The molecular formula is C25H28N2O5. The van der Waals surface area contributed by atoms with E-state index in [1.165, 1.54) is 0 Å². The van der Waals surface area contributed by atoms with Gasteiger partial charge in [-0.2, -0.15) is 0 Å². The summed E-state index contributed by atoms with van der Waals surface area (Å²) in [6, 6.07) is 16.2. The summed E-state index contributed by atoms with van der Waals surface area (Å²) < 4.78 is 5.56. The number of alkyl carbamates (subject to hydrolysis) is 1. The first-order valence-corrected chi connectivity index (χ1v) is 10.9. The van der Waals surface area contributed by atoms with Crippen molar-refractivity contribution in [1.29, 1.82) is 0 Å². The van der Waals surface area contributed by atoms with Crippen LogP contribution in [0.4, 0.5) is 4.79 Å². The molecule has 2 amide bonds. The Labute approximate surface area is 187 Å². The predicted octanol–water partition coefficient (Wildman–Crippen LogP) is 3.63. The second-order valence-corrected chi connectivity index (χ2v) is 9.08. The first kappa shape index (κ1) is 21.9. The number of carboxylic acids is 1. The van der Waals surface area contributed by atoms with E-state index in [1.54, 1.807) is 18.7 Å². The first-order valence-electron chi connectivity index (χ1n) is 10.9. The maximum absolute atomic E-state index is 12.9. The smallest absolute Gasteiger partial charge is 0.408 e. The van der Waals surface area contributed by atoms with Crippen molar-refractivity contribution in [3.8, 4) is 11.1 Å². The fourth-order valence-electron chi connectivity index (χ4n) is 4.77. The molecule has 1 saturated heterocycles. The van der Waals surface area contributed by atoms with Gasteiger partial charge < -0.3 is 20.1 Å². The van der Waals surface area contributed by atoms with Crippen LogP contribution in [0.1, 0.15) is 43.7 Å². The molecule has 2 aromatic carbocycles. The minimum absolute atomic E-state index is 0.0457. The third-order valence-corrected chi connectivity index (χ3v) is 6.33. The van der Waals surface area contributed by atoms with Crippen LogP contribution in [0, 0.1) is 5.92 Å². The van der Waals surface area contributed by atoms with E-state index in [2.05, 4.69) is 29.6 Å². The molecule has 168 valence electrons. The van der Waals surface area contributed by atoms with E-state index >= 15 is 0 Å². The fourth-order valence-corrected chi connectivity index (χ4v) is 4.77. The molecule has 2 N–H and O–H groups in total. The minimum Gasteiger partial charge on any atom is -0.481 e. The molecule has 1 heterocycles. The number of benzene rings is 2. The molecule has 0 radical (unpaired) electrons. The van der Waals surface area contributed by atoms with Gasteiger partial charge in [-0.05, 0) is 48.4 Å². The Balaban J connectivity index is 1.37. The molecule has 0 bridgehead atoms. The van der Waals surface area contributed by atoms with Gasteiger partial charge >= 0.3 is 12.1 Å². The Hall–Kier alpha value is -3.35. The van der Waals surface area contributed by atoms with Crippen LogP contribution in [-0.2, 0) is 14.3 Å². The number of amides is 2. The molecule has 1 aliphatic carbocycles. The molecular weight excluding hydrogens is 408 g/mol. The molecule has 2 aromatic rings. The standard InChI is InChI=1S/C25H28N2O5/c1-25(2,23(30)27-12-11-16(14-27)13-22(28)29)26-24(31)32-15-21-19-9-5-3-7-17(19)18-8-4-6-10-20(18)21/h3-10,16,21H,11-15H2,1-2H3,(H,26,31)(H,28,29). The number of aliphatic carboxylic acids is 1. The number of carboxylic acid groups (broad SMARTS) is 1. The lowest BCUT2D eigenvalue weighted by molar-refractivity contribution is -0.139. The highest BCUT2D eigenvalue weighted by molar-refractivity contribution is 5.89. The molecule has 0 aromatic heterocycles. The van der Waals surface area contributed by atoms with Crippen LogP contribution in [0.25, 0.3) is 11.1 Å². The number of rotatable bonds is 6. The molecule has 1 unspecified atom stereocenters. The molecule has 2 aliphatic rings. The Kier molecular flexibility index (Phi) is 5.91. The average Bonchev–Trinajstić information content (AvgIpc) is 3.33. The summed E-state index contributed by atoms with van der Waals surface area (Å²) in [7, 11) is 0. The molecule has 32 heavy (non-hydrogen) atoms. The van der Waals surface area contributed by atoms with Gasteiger partial charge in [-0.15, -0.1) is 0 Å². The molecule has 1 aliphatic heterocycles. The zero-order valence-electron chi connectivity index (χ0n) is 18.3. The quantitative estimate of drug-likeness (QED) is 0.721. The van der Waals surface area contributed by atoms with Gasteiger partial charge in [0.25, 0.3) is 0 Å². The molecule has 7 heteroatoms. The summed E-state index contributed by atoms with van der Waals surface area (Å²) in [5, 5.41) is 11.7. The van der Waals surface area contributed by atoms with Crippen LogP contribution in [-0.4, -0.2) is 53.2 Å². The fraction of sp³-hybridized carbons (Fsp3) is 0.400. The number of likely N-dealkylation sites (tertiary alicyclic amines) is 1. The second-order valence-electron chi connectivity index (χ2n) is 9.08. The van der Waals surface area contributed by atoms with Crippen LogP contribution >= 0.6 is 0 Å². The predicted molar refractivity (Wildman–Crippen MR) is 119 cm³/mol. The van der Waals surface area contributed by atoms with Gasteiger partial charge in [-0.1, -0.05) is 48.5 Å². The highest BCUT2D eigenvalue weighted by atomic mass is 16.5. The topological polar surface area (TPSA) is 95.9 Å². The van der Waals surface area contributed by atoms with Crippen LogP contribution < -0.4 is 5.32 Å². The summed E-state index contributed by atoms with van der Waals surface area (Å²) in [6.45, 7) is 4.34. The van der Waals surface area contributed by atoms with Crippen molar-refractivity contribution in [1.82, 2.24) is 10.2 Å². The minimum atomic E-state index is -1.15. The second kappa shape index (κ2) is 8.65. The van der Waals surface area contributed by atoms with Crippen molar-refractivity contribution in [2.45, 2.75) is 38.1 Å². The van der Waals surface area contributed by atoms with E-state index in [-0.39, 0.29) is 30.8 Å². The van der Waals surface area contributed by atoms with Crippen molar-refractivity contribution in [2.75, 3.05) is 19.7 Å². The van der Waals surface area contributed by atoms with Crippen molar-refractivity contribution in [3.05, 3.63) is 59.7 Å². The lowest BCUT2D eigenvalue weighted by Gasteiger charge is -2.30. The van der Waals surface area contributed by atoms with Crippen LogP contribution in [0.15, 0.2) is 48.5 Å². The zero-order chi connectivity index (χ0) is 22.9.